The lowest BCUT2D eigenvalue weighted by Gasteiger charge is -2.36. The molecule has 0 spiro atoms. The molecule has 2 aromatic heterocycles. The fourth-order valence-electron chi connectivity index (χ4n) is 3.19. The maximum Gasteiger partial charge on any atom is 0.359 e. The fraction of sp³-hybridized carbons (Fsp3) is 0.556. The van der Waals surface area contributed by atoms with Gasteiger partial charge in [0.25, 0.3) is 5.56 Å². The van der Waals surface area contributed by atoms with Crippen LogP contribution in [0, 0.1) is 0 Å². The van der Waals surface area contributed by atoms with Crippen molar-refractivity contribution >= 4 is 30.5 Å². The Labute approximate surface area is 177 Å². The Morgan fingerprint density at radius 3 is 2.65 bits per heavy atom. The molecular weight excluding hydrogens is 431 g/mol. The van der Waals surface area contributed by atoms with Gasteiger partial charge in [0.05, 0.1) is 11.0 Å². The predicted molar refractivity (Wildman–Crippen MR) is 112 cm³/mol. The lowest BCUT2D eigenvalue weighted by molar-refractivity contribution is -0.0301. The van der Waals surface area contributed by atoms with E-state index in [1.807, 2.05) is 0 Å². The monoisotopic (exact) mass is 458 g/mol. The van der Waals surface area contributed by atoms with Crippen molar-refractivity contribution in [2.75, 3.05) is 5.73 Å². The summed E-state index contributed by atoms with van der Waals surface area (Å²) in [6, 6.07) is 1.45. The number of nitrogens with two attached hydrogens (primary N) is 1. The maximum atomic E-state index is 12.5. The smallest absolute Gasteiger partial charge is 0.359 e. The molecule has 2 unspecified atom stereocenters. The van der Waals surface area contributed by atoms with Gasteiger partial charge in [0.15, 0.2) is 22.9 Å². The average molecular weight is 458 g/mol. The summed E-state index contributed by atoms with van der Waals surface area (Å²) in [4.78, 5) is 28.6. The first kappa shape index (κ1) is 23.3. The molecule has 0 bridgehead atoms. The minimum Gasteiger partial charge on any atom is -0.505 e. The number of anilines is 1. The van der Waals surface area contributed by atoms with E-state index in [1.54, 1.807) is 13.8 Å². The molecule has 1 aliphatic heterocycles. The largest absolute Gasteiger partial charge is 0.505 e. The van der Waals surface area contributed by atoms with Gasteiger partial charge in [-0.2, -0.15) is 4.98 Å². The molecule has 13 heteroatoms. The van der Waals surface area contributed by atoms with E-state index in [4.69, 9.17) is 15.0 Å². The third kappa shape index (κ3) is 4.21. The lowest BCUT2D eigenvalue weighted by atomic mass is 9.93. The summed E-state index contributed by atoms with van der Waals surface area (Å²) in [5, 5.41) is 29.2. The van der Waals surface area contributed by atoms with E-state index in [9.17, 15) is 29.6 Å². The molecule has 4 atom stereocenters. The highest BCUT2D eigenvalue weighted by molar-refractivity contribution is 7.54. The Hall–Kier alpha value is -2.37. The zero-order chi connectivity index (χ0) is 23.4. The van der Waals surface area contributed by atoms with Crippen LogP contribution in [0.1, 0.15) is 40.5 Å². The number of H-pyrrole nitrogens is 1. The Kier molecular flexibility index (Phi) is 5.74. The molecule has 0 saturated carbocycles. The van der Waals surface area contributed by atoms with E-state index in [2.05, 4.69) is 9.97 Å². The van der Waals surface area contributed by atoms with Gasteiger partial charge in [-0.3, -0.25) is 18.9 Å². The van der Waals surface area contributed by atoms with Gasteiger partial charge in [-0.05, 0) is 33.3 Å². The van der Waals surface area contributed by atoms with E-state index < -0.39 is 42.1 Å². The van der Waals surface area contributed by atoms with Crippen LogP contribution in [-0.4, -0.2) is 57.9 Å². The molecule has 0 fully saturated rings. The molecule has 3 heterocycles. The minimum absolute atomic E-state index is 0.0891. The van der Waals surface area contributed by atoms with Crippen molar-refractivity contribution in [2.24, 2.45) is 0 Å². The van der Waals surface area contributed by atoms with E-state index >= 15 is 0 Å². The molecule has 7 N–H and O–H groups in total. The van der Waals surface area contributed by atoms with Crippen LogP contribution in [-0.2, 0) is 13.8 Å². The molecule has 12 nitrogen and oxygen atoms in total. The van der Waals surface area contributed by atoms with Crippen molar-refractivity contribution in [3.63, 3.8) is 0 Å². The molecule has 2 aromatic rings. The van der Waals surface area contributed by atoms with Crippen LogP contribution < -0.4 is 11.3 Å². The van der Waals surface area contributed by atoms with Crippen LogP contribution in [0.5, 0.6) is 0 Å². The normalized spacial score (nSPS) is 23.6. The van der Waals surface area contributed by atoms with Crippen LogP contribution >= 0.6 is 7.60 Å². The van der Waals surface area contributed by atoms with Crippen LogP contribution in [0.3, 0.4) is 0 Å². The van der Waals surface area contributed by atoms with E-state index in [-0.39, 0.29) is 35.7 Å². The molecule has 1 aliphatic rings. The van der Waals surface area contributed by atoms with Crippen molar-refractivity contribution < 1.29 is 34.0 Å². The molecule has 0 saturated heterocycles. The first-order chi connectivity index (χ1) is 14.2. The van der Waals surface area contributed by atoms with Gasteiger partial charge in [-0.1, -0.05) is 6.92 Å². The van der Waals surface area contributed by atoms with Gasteiger partial charge >= 0.3 is 7.60 Å². The highest BCUT2D eigenvalue weighted by atomic mass is 31.2. The van der Waals surface area contributed by atoms with Gasteiger partial charge in [0.1, 0.15) is 6.10 Å². The van der Waals surface area contributed by atoms with E-state index in [0.29, 0.717) is 0 Å². The molecule has 0 radical (unpaired) electrons. The van der Waals surface area contributed by atoms with Crippen molar-refractivity contribution in [1.82, 2.24) is 14.5 Å². The topological polar surface area (TPSA) is 193 Å². The summed E-state index contributed by atoms with van der Waals surface area (Å²) in [5.74, 6) is -0.792. The van der Waals surface area contributed by atoms with E-state index in [1.165, 1.54) is 16.8 Å². The number of rotatable bonds is 7. The van der Waals surface area contributed by atoms with Crippen molar-refractivity contribution in [2.45, 2.75) is 63.7 Å². The number of aliphatic hydroxyl groups excluding tert-OH is 2. The Morgan fingerprint density at radius 2 is 2.06 bits per heavy atom. The molecule has 0 amide bonds. The number of nitrogen functional groups attached to an aromatic ring is 1. The highest BCUT2D eigenvalue weighted by Crippen LogP contribution is 2.57. The first-order valence-corrected chi connectivity index (χ1v) is 11.2. The second-order valence-corrected chi connectivity index (χ2v) is 10.6. The number of aromatic amines is 1. The van der Waals surface area contributed by atoms with Gasteiger partial charge < -0.3 is 35.2 Å². The minimum atomic E-state index is -4.44. The maximum absolute atomic E-state index is 12.5. The zero-order valence-corrected chi connectivity index (χ0v) is 18.5. The number of nitrogens with one attached hydrogen (secondary N) is 1. The SMILES string of the molecule is CCC(C)(C[C@H]1OC(n2ccc3c(=O)[nH]c(N)nc32)=C(O)[C@@H]1O)OP(=O)(O)C(C)(C)O. The molecule has 31 heavy (non-hydrogen) atoms. The van der Waals surface area contributed by atoms with Crippen LogP contribution in [0.2, 0.25) is 0 Å². The summed E-state index contributed by atoms with van der Waals surface area (Å²) in [5.41, 5.74) is 3.97. The van der Waals surface area contributed by atoms with Gasteiger partial charge in [0, 0.05) is 12.6 Å². The van der Waals surface area contributed by atoms with Crippen LogP contribution in [0.25, 0.3) is 16.9 Å². The first-order valence-electron chi connectivity index (χ1n) is 9.60. The summed E-state index contributed by atoms with van der Waals surface area (Å²) in [6.07, 6.45) is -0.927. The summed E-state index contributed by atoms with van der Waals surface area (Å²) >= 11 is 0. The highest BCUT2D eigenvalue weighted by Gasteiger charge is 2.47. The van der Waals surface area contributed by atoms with E-state index in [0.717, 1.165) is 13.8 Å². The van der Waals surface area contributed by atoms with Crippen LogP contribution in [0.15, 0.2) is 22.8 Å². The Balaban J connectivity index is 1.89. The number of ether oxygens (including phenoxy) is 1. The number of aliphatic hydroxyl groups is 3. The summed E-state index contributed by atoms with van der Waals surface area (Å²) < 4.78 is 24.9. The number of hydrogen-bond donors (Lipinski definition) is 6. The Bertz CT molecular complexity index is 1130. The second-order valence-electron chi connectivity index (χ2n) is 8.28. The third-order valence-corrected chi connectivity index (χ3v) is 7.39. The van der Waals surface area contributed by atoms with Gasteiger partial charge in [-0.15, -0.1) is 0 Å². The predicted octanol–water partition coefficient (Wildman–Crippen LogP) is 1.24. The Morgan fingerprint density at radius 1 is 1.42 bits per heavy atom. The molecule has 3 rings (SSSR count). The number of nitrogens with zero attached hydrogens (tertiary/aromatic N) is 2. The number of fused-ring (bicyclic) bond motifs is 1. The average Bonchev–Trinajstić information content (AvgIpc) is 3.16. The summed E-state index contributed by atoms with van der Waals surface area (Å²) in [7, 11) is -4.44. The second kappa shape index (κ2) is 7.64. The lowest BCUT2D eigenvalue weighted by Crippen LogP contribution is -2.38. The zero-order valence-electron chi connectivity index (χ0n) is 17.6. The molecular formula is C18H27N4O8P. The number of aromatic nitrogens is 3. The number of hydrogen-bond acceptors (Lipinski definition) is 9. The van der Waals surface area contributed by atoms with Crippen LogP contribution in [0.4, 0.5) is 5.95 Å². The standard InChI is InChI=1S/C18H27N4O8P/c1-5-18(4,30-31(27,28)17(2,3)26)8-10-11(23)12(24)15(29-10)22-7-6-9-13(22)20-16(19)21-14(9)25/h6-7,10-11,23-24,26H,5,8H2,1-4H3,(H,27,28)(H3,19,20,21,25)/t10-,11-,18?/m1/s1. The fourth-order valence-corrected chi connectivity index (χ4v) is 4.22. The van der Waals surface area contributed by atoms with Crippen molar-refractivity contribution in [1.29, 1.82) is 0 Å². The van der Waals surface area contributed by atoms with Gasteiger partial charge in [0.2, 0.25) is 11.8 Å². The molecule has 0 aromatic carbocycles. The van der Waals surface area contributed by atoms with Crippen molar-refractivity contribution in [3.05, 3.63) is 28.4 Å². The van der Waals surface area contributed by atoms with Gasteiger partial charge in [-0.25, -0.2) is 0 Å². The quantitative estimate of drug-likeness (QED) is 0.329. The molecule has 172 valence electrons. The summed E-state index contributed by atoms with van der Waals surface area (Å²) in [6.45, 7) is 5.57. The van der Waals surface area contributed by atoms with Crippen molar-refractivity contribution in [3.8, 4) is 0 Å². The molecule has 0 aliphatic carbocycles. The third-order valence-electron chi connectivity index (χ3n) is 5.32.